The topological polar surface area (TPSA) is 98.7 Å². The minimum absolute atomic E-state index is 0.199. The Morgan fingerprint density at radius 3 is 3.00 bits per heavy atom. The van der Waals surface area contributed by atoms with E-state index in [9.17, 15) is 9.59 Å². The largest absolute Gasteiger partial charge is 0.464 e. The normalized spacial score (nSPS) is 19.9. The molecule has 0 aromatic carbocycles. The number of aromatic nitrogens is 1. The zero-order valence-corrected chi connectivity index (χ0v) is 11.7. The van der Waals surface area contributed by atoms with Crippen LogP contribution in [0.25, 0.3) is 0 Å². The van der Waals surface area contributed by atoms with Gasteiger partial charge in [-0.2, -0.15) is 0 Å². The fourth-order valence-electron chi connectivity index (χ4n) is 2.38. The van der Waals surface area contributed by atoms with Gasteiger partial charge in [0.2, 0.25) is 0 Å². The molecule has 0 bridgehead atoms. The van der Waals surface area contributed by atoms with E-state index in [-0.39, 0.29) is 12.6 Å². The number of esters is 1. The van der Waals surface area contributed by atoms with Gasteiger partial charge in [0.05, 0.1) is 18.3 Å². The summed E-state index contributed by atoms with van der Waals surface area (Å²) in [7, 11) is 0. The van der Waals surface area contributed by atoms with Crippen molar-refractivity contribution in [2.45, 2.75) is 38.8 Å². The number of amides is 1. The van der Waals surface area contributed by atoms with Gasteiger partial charge in [0.25, 0.3) is 5.91 Å². The van der Waals surface area contributed by atoms with Crippen LogP contribution in [0.4, 0.5) is 0 Å². The first-order valence-electron chi connectivity index (χ1n) is 6.70. The van der Waals surface area contributed by atoms with Crippen molar-refractivity contribution < 1.29 is 18.8 Å². The van der Waals surface area contributed by atoms with Crippen molar-refractivity contribution in [3.63, 3.8) is 0 Å². The van der Waals surface area contributed by atoms with E-state index in [1.165, 1.54) is 0 Å². The Balaban J connectivity index is 2.10. The summed E-state index contributed by atoms with van der Waals surface area (Å²) in [5.74, 6) is -0.499. The van der Waals surface area contributed by atoms with Crippen molar-refractivity contribution in [1.82, 2.24) is 10.1 Å². The molecular weight excluding hydrogens is 262 g/mol. The highest BCUT2D eigenvalue weighted by Crippen LogP contribution is 2.32. The number of nitrogens with two attached hydrogens (primary N) is 1. The second-order valence-electron chi connectivity index (χ2n) is 4.79. The number of hydrogen-bond acceptors (Lipinski definition) is 6. The number of rotatable bonds is 4. The van der Waals surface area contributed by atoms with E-state index in [0.717, 1.165) is 18.5 Å². The summed E-state index contributed by atoms with van der Waals surface area (Å²) in [6, 6.07) is 0.315. The molecule has 1 aromatic rings. The first kappa shape index (κ1) is 14.5. The summed E-state index contributed by atoms with van der Waals surface area (Å²) >= 11 is 0. The van der Waals surface area contributed by atoms with Crippen LogP contribution in [0.5, 0.6) is 0 Å². The molecule has 0 saturated carbocycles. The van der Waals surface area contributed by atoms with Gasteiger partial charge < -0.3 is 19.9 Å². The van der Waals surface area contributed by atoms with E-state index < -0.39 is 17.9 Å². The predicted octanol–water partition coefficient (Wildman–Crippen LogP) is 0.537. The Kier molecular flexibility index (Phi) is 4.39. The van der Waals surface area contributed by atoms with E-state index >= 15 is 0 Å². The average Bonchev–Trinajstić information content (AvgIpc) is 3.05. The maximum absolute atomic E-state index is 12.3. The molecule has 1 fully saturated rings. The van der Waals surface area contributed by atoms with Crippen molar-refractivity contribution in [2.75, 3.05) is 13.2 Å². The highest BCUT2D eigenvalue weighted by molar-refractivity contribution is 6.01. The molecule has 1 aliphatic heterocycles. The fraction of sp³-hybridized carbons (Fsp3) is 0.615. The number of aryl methyl sites for hydroxylation is 1. The molecule has 0 spiro atoms. The van der Waals surface area contributed by atoms with E-state index in [1.54, 1.807) is 17.9 Å². The molecule has 7 heteroatoms. The molecule has 2 N–H and O–H groups in total. The van der Waals surface area contributed by atoms with E-state index in [0.29, 0.717) is 12.3 Å². The zero-order chi connectivity index (χ0) is 14.7. The van der Waals surface area contributed by atoms with Crippen LogP contribution in [0.1, 0.15) is 37.3 Å². The molecule has 110 valence electrons. The molecule has 1 aliphatic rings. The van der Waals surface area contributed by atoms with Crippen LogP contribution in [0.3, 0.4) is 0 Å². The third kappa shape index (κ3) is 2.82. The van der Waals surface area contributed by atoms with Gasteiger partial charge in [0.15, 0.2) is 11.8 Å². The Bertz CT molecular complexity index is 500. The summed E-state index contributed by atoms with van der Waals surface area (Å²) in [4.78, 5) is 25.4. The van der Waals surface area contributed by atoms with Gasteiger partial charge in [0.1, 0.15) is 0 Å². The van der Waals surface area contributed by atoms with Crippen molar-refractivity contribution in [3.8, 4) is 0 Å². The number of hydrogen-bond donors (Lipinski definition) is 1. The predicted molar refractivity (Wildman–Crippen MR) is 69.5 cm³/mol. The minimum Gasteiger partial charge on any atom is -0.464 e. The number of nitrogens with zero attached hydrogens (tertiary/aromatic N) is 2. The van der Waals surface area contributed by atoms with Crippen molar-refractivity contribution in [2.24, 2.45) is 5.73 Å². The molecular formula is C13H19N3O4. The quantitative estimate of drug-likeness (QED) is 0.638. The standard InChI is InChI=1S/C13H19N3O4/c1-3-19-13(18)11(14)12(17)16-6-4-5-9(16)10-7-8(2)15-20-10/h7,9,11H,3-6,14H2,1-2H3. The highest BCUT2D eigenvalue weighted by Gasteiger charge is 2.37. The third-order valence-electron chi connectivity index (χ3n) is 3.32. The monoisotopic (exact) mass is 281 g/mol. The van der Waals surface area contributed by atoms with E-state index in [1.807, 2.05) is 6.92 Å². The lowest BCUT2D eigenvalue weighted by Crippen LogP contribution is -2.48. The Morgan fingerprint density at radius 2 is 2.40 bits per heavy atom. The summed E-state index contributed by atoms with van der Waals surface area (Å²) < 4.78 is 10.00. The van der Waals surface area contributed by atoms with Crippen molar-refractivity contribution in [1.29, 1.82) is 0 Å². The maximum atomic E-state index is 12.3. The summed E-state index contributed by atoms with van der Waals surface area (Å²) in [6.45, 7) is 4.24. The molecule has 2 atom stereocenters. The molecule has 7 nitrogen and oxygen atoms in total. The SMILES string of the molecule is CCOC(=O)C(N)C(=O)N1CCCC1c1cc(C)no1. The molecule has 2 rings (SSSR count). The van der Waals surface area contributed by atoms with Crippen molar-refractivity contribution in [3.05, 3.63) is 17.5 Å². The maximum Gasteiger partial charge on any atom is 0.332 e. The average molecular weight is 281 g/mol. The highest BCUT2D eigenvalue weighted by atomic mass is 16.5. The number of carbonyl (C=O) groups excluding carboxylic acids is 2. The van der Waals surface area contributed by atoms with Gasteiger partial charge in [-0.15, -0.1) is 0 Å². The smallest absolute Gasteiger partial charge is 0.332 e. The van der Waals surface area contributed by atoms with Gasteiger partial charge in [0, 0.05) is 12.6 Å². The summed E-state index contributed by atoms with van der Waals surface area (Å²) in [6.07, 6.45) is 1.61. The van der Waals surface area contributed by atoms with Crippen LogP contribution >= 0.6 is 0 Å². The van der Waals surface area contributed by atoms with Gasteiger partial charge in [-0.1, -0.05) is 5.16 Å². The lowest BCUT2D eigenvalue weighted by atomic mass is 10.1. The fourth-order valence-corrected chi connectivity index (χ4v) is 2.38. The molecule has 1 aromatic heterocycles. The van der Waals surface area contributed by atoms with Crippen molar-refractivity contribution >= 4 is 11.9 Å². The Morgan fingerprint density at radius 1 is 1.65 bits per heavy atom. The van der Waals surface area contributed by atoms with Crippen LogP contribution < -0.4 is 5.73 Å². The van der Waals surface area contributed by atoms with Gasteiger partial charge in [-0.3, -0.25) is 4.79 Å². The molecule has 1 saturated heterocycles. The second kappa shape index (κ2) is 6.04. The van der Waals surface area contributed by atoms with Crippen LogP contribution in [-0.2, 0) is 14.3 Å². The minimum atomic E-state index is -1.28. The molecule has 1 amide bonds. The Hall–Kier alpha value is -1.89. The van der Waals surface area contributed by atoms with Gasteiger partial charge in [-0.05, 0) is 26.7 Å². The molecule has 2 unspecified atom stereocenters. The molecule has 0 aliphatic carbocycles. The zero-order valence-electron chi connectivity index (χ0n) is 11.7. The summed E-state index contributed by atoms with van der Waals surface area (Å²) in [5.41, 5.74) is 6.42. The van der Waals surface area contributed by atoms with Crippen LogP contribution in [0.15, 0.2) is 10.6 Å². The molecule has 20 heavy (non-hydrogen) atoms. The van der Waals surface area contributed by atoms with E-state index in [2.05, 4.69) is 5.16 Å². The first-order valence-corrected chi connectivity index (χ1v) is 6.70. The van der Waals surface area contributed by atoms with Crippen LogP contribution in [-0.4, -0.2) is 41.1 Å². The lowest BCUT2D eigenvalue weighted by Gasteiger charge is -2.24. The summed E-state index contributed by atoms with van der Waals surface area (Å²) in [5, 5.41) is 3.83. The number of carbonyl (C=O) groups is 2. The Labute approximate surface area is 117 Å². The molecule has 0 radical (unpaired) electrons. The van der Waals surface area contributed by atoms with Crippen LogP contribution in [0, 0.1) is 6.92 Å². The molecule has 2 heterocycles. The van der Waals surface area contributed by atoms with Crippen LogP contribution in [0.2, 0.25) is 0 Å². The lowest BCUT2D eigenvalue weighted by molar-refractivity contribution is -0.151. The number of ether oxygens (including phenoxy) is 1. The first-order chi connectivity index (χ1) is 9.54. The third-order valence-corrected chi connectivity index (χ3v) is 3.32. The van der Waals surface area contributed by atoms with Gasteiger partial charge >= 0.3 is 5.97 Å². The second-order valence-corrected chi connectivity index (χ2v) is 4.79. The van der Waals surface area contributed by atoms with E-state index in [4.69, 9.17) is 15.0 Å². The number of likely N-dealkylation sites (tertiary alicyclic amines) is 1. The van der Waals surface area contributed by atoms with Gasteiger partial charge in [-0.25, -0.2) is 4.79 Å².